The van der Waals surface area contributed by atoms with Gasteiger partial charge in [0, 0.05) is 38.6 Å². The highest BCUT2D eigenvalue weighted by Gasteiger charge is 2.36. The third-order valence-corrected chi connectivity index (χ3v) is 5.85. The Morgan fingerprint density at radius 2 is 1.92 bits per heavy atom. The number of aromatic nitrogens is 3. The van der Waals surface area contributed by atoms with Crippen LogP contribution in [0.2, 0.25) is 0 Å². The summed E-state index contributed by atoms with van der Waals surface area (Å²) in [5.41, 5.74) is 2.70. The molecule has 0 saturated heterocycles. The van der Waals surface area contributed by atoms with Crippen molar-refractivity contribution in [1.29, 1.82) is 0 Å². The average Bonchev–Trinajstić information content (AvgIpc) is 3.26. The number of pyridine rings is 1. The molecule has 4 aromatic rings. The zero-order chi connectivity index (χ0) is 17.7. The number of nitrogens with zero attached hydrogens (tertiary/aromatic N) is 3. The Labute approximate surface area is 154 Å². The summed E-state index contributed by atoms with van der Waals surface area (Å²) in [4.78, 5) is 30.0. The zero-order valence-electron chi connectivity index (χ0n) is 14.1. The zero-order valence-corrected chi connectivity index (χ0v) is 15.0. The fourth-order valence-corrected chi connectivity index (χ4v) is 4.63. The molecule has 128 valence electrons. The van der Waals surface area contributed by atoms with Gasteiger partial charge in [-0.25, -0.2) is 9.97 Å². The SMILES string of the molecule is Cc1ccc(C2c3[nH]c4ccccc4c(=O)c3CN2c2ncccn2)s1. The van der Waals surface area contributed by atoms with Crippen molar-refractivity contribution in [2.75, 3.05) is 4.90 Å². The van der Waals surface area contributed by atoms with Crippen molar-refractivity contribution in [1.82, 2.24) is 15.0 Å². The number of rotatable bonds is 2. The molecule has 1 unspecified atom stereocenters. The van der Waals surface area contributed by atoms with E-state index in [1.165, 1.54) is 9.75 Å². The summed E-state index contributed by atoms with van der Waals surface area (Å²) in [6.45, 7) is 2.59. The van der Waals surface area contributed by atoms with Gasteiger partial charge in [0.05, 0.1) is 12.2 Å². The number of para-hydroxylation sites is 1. The number of fused-ring (bicyclic) bond motifs is 2. The predicted molar refractivity (Wildman–Crippen MR) is 104 cm³/mol. The highest BCUT2D eigenvalue weighted by atomic mass is 32.1. The van der Waals surface area contributed by atoms with Crippen LogP contribution in [-0.4, -0.2) is 15.0 Å². The number of thiophene rings is 1. The van der Waals surface area contributed by atoms with E-state index >= 15 is 0 Å². The largest absolute Gasteiger partial charge is 0.356 e. The van der Waals surface area contributed by atoms with Gasteiger partial charge in [0.15, 0.2) is 5.43 Å². The molecule has 0 radical (unpaired) electrons. The molecule has 0 fully saturated rings. The molecule has 1 atom stereocenters. The molecule has 1 aliphatic rings. The van der Waals surface area contributed by atoms with Gasteiger partial charge >= 0.3 is 0 Å². The normalized spacial score (nSPS) is 16.2. The van der Waals surface area contributed by atoms with Crippen LogP contribution in [0.4, 0.5) is 5.95 Å². The quantitative estimate of drug-likeness (QED) is 0.591. The van der Waals surface area contributed by atoms with Crippen LogP contribution in [0.5, 0.6) is 0 Å². The molecule has 1 aromatic carbocycles. The molecule has 3 aromatic heterocycles. The Morgan fingerprint density at radius 1 is 1.12 bits per heavy atom. The average molecular weight is 360 g/mol. The van der Waals surface area contributed by atoms with Crippen LogP contribution in [-0.2, 0) is 6.54 Å². The van der Waals surface area contributed by atoms with Crippen molar-refractivity contribution < 1.29 is 0 Å². The molecule has 1 N–H and O–H groups in total. The fourth-order valence-electron chi connectivity index (χ4n) is 3.63. The van der Waals surface area contributed by atoms with Gasteiger partial charge in [-0.2, -0.15) is 0 Å². The molecule has 0 saturated carbocycles. The minimum absolute atomic E-state index is 0.0802. The van der Waals surface area contributed by atoms with Crippen LogP contribution in [0.1, 0.15) is 27.1 Å². The highest BCUT2D eigenvalue weighted by molar-refractivity contribution is 7.12. The molecule has 26 heavy (non-hydrogen) atoms. The Morgan fingerprint density at radius 3 is 2.69 bits per heavy atom. The summed E-state index contributed by atoms with van der Waals surface area (Å²) < 4.78 is 0. The number of nitrogens with one attached hydrogen (secondary N) is 1. The summed E-state index contributed by atoms with van der Waals surface area (Å²) >= 11 is 1.74. The fraction of sp³-hybridized carbons (Fsp3) is 0.150. The number of benzene rings is 1. The Bertz CT molecular complexity index is 1170. The number of hydrogen-bond donors (Lipinski definition) is 1. The molecular weight excluding hydrogens is 344 g/mol. The van der Waals surface area contributed by atoms with Gasteiger partial charge in [0.1, 0.15) is 6.04 Å². The molecule has 0 bridgehead atoms. The Balaban J connectivity index is 1.77. The topological polar surface area (TPSA) is 61.9 Å². The van der Waals surface area contributed by atoms with Crippen LogP contribution in [0.25, 0.3) is 10.9 Å². The van der Waals surface area contributed by atoms with Gasteiger partial charge in [0.2, 0.25) is 5.95 Å². The summed E-state index contributed by atoms with van der Waals surface area (Å²) in [7, 11) is 0. The van der Waals surface area contributed by atoms with E-state index in [1.54, 1.807) is 29.8 Å². The molecule has 4 heterocycles. The standard InChI is InChI=1S/C20H16N4OS/c1-12-7-8-16(26-12)18-17-14(11-24(18)20-21-9-4-10-22-20)19(25)13-5-2-3-6-15(13)23-17/h2-10,18H,11H2,1H3,(H,23,25). The van der Waals surface area contributed by atoms with E-state index in [9.17, 15) is 4.79 Å². The van der Waals surface area contributed by atoms with Crippen LogP contribution in [0.3, 0.4) is 0 Å². The second-order valence-electron chi connectivity index (χ2n) is 6.42. The van der Waals surface area contributed by atoms with Crippen LogP contribution in [0.15, 0.2) is 59.7 Å². The van der Waals surface area contributed by atoms with E-state index in [0.29, 0.717) is 12.5 Å². The second kappa shape index (κ2) is 5.78. The van der Waals surface area contributed by atoms with Gasteiger partial charge in [-0.3, -0.25) is 4.79 Å². The van der Waals surface area contributed by atoms with Crippen molar-refractivity contribution >= 4 is 28.2 Å². The van der Waals surface area contributed by atoms with E-state index in [1.807, 2.05) is 24.3 Å². The van der Waals surface area contributed by atoms with Crippen LogP contribution < -0.4 is 10.3 Å². The van der Waals surface area contributed by atoms with Gasteiger partial charge in [0.25, 0.3) is 0 Å². The third kappa shape index (κ3) is 2.26. The minimum Gasteiger partial charge on any atom is -0.356 e. The summed E-state index contributed by atoms with van der Waals surface area (Å²) in [5.74, 6) is 0.636. The first kappa shape index (κ1) is 15.3. The van der Waals surface area contributed by atoms with E-state index < -0.39 is 0 Å². The number of aromatic amines is 1. The van der Waals surface area contributed by atoms with E-state index in [0.717, 1.165) is 22.2 Å². The second-order valence-corrected chi connectivity index (χ2v) is 7.74. The lowest BCUT2D eigenvalue weighted by atomic mass is 10.1. The lowest BCUT2D eigenvalue weighted by molar-refractivity contribution is 0.738. The predicted octanol–water partition coefficient (Wildman–Crippen LogP) is 3.80. The van der Waals surface area contributed by atoms with Gasteiger partial charge in [-0.15, -0.1) is 11.3 Å². The van der Waals surface area contributed by atoms with E-state index in [2.05, 4.69) is 38.9 Å². The lowest BCUT2D eigenvalue weighted by Crippen LogP contribution is -2.24. The van der Waals surface area contributed by atoms with Gasteiger partial charge < -0.3 is 9.88 Å². The van der Waals surface area contributed by atoms with Crippen molar-refractivity contribution in [2.24, 2.45) is 0 Å². The first-order chi connectivity index (χ1) is 12.7. The minimum atomic E-state index is -0.0802. The number of aryl methyl sites for hydroxylation is 1. The molecule has 5 rings (SSSR count). The van der Waals surface area contributed by atoms with Crippen LogP contribution >= 0.6 is 11.3 Å². The molecule has 5 nitrogen and oxygen atoms in total. The molecule has 0 aliphatic carbocycles. The van der Waals surface area contributed by atoms with Crippen LogP contribution in [0, 0.1) is 6.92 Å². The summed E-state index contributed by atoms with van der Waals surface area (Å²) in [6, 6.07) is 13.6. The lowest BCUT2D eigenvalue weighted by Gasteiger charge is -2.23. The van der Waals surface area contributed by atoms with Crippen molar-refractivity contribution in [3.05, 3.63) is 86.1 Å². The van der Waals surface area contributed by atoms with Crippen molar-refractivity contribution in [2.45, 2.75) is 19.5 Å². The van der Waals surface area contributed by atoms with Gasteiger partial charge in [-0.1, -0.05) is 12.1 Å². The third-order valence-electron chi connectivity index (χ3n) is 4.79. The number of anilines is 1. The monoisotopic (exact) mass is 360 g/mol. The molecule has 0 spiro atoms. The van der Waals surface area contributed by atoms with Gasteiger partial charge in [-0.05, 0) is 37.3 Å². The molecular formula is C20H16N4OS. The Hall–Kier alpha value is -2.99. The maximum Gasteiger partial charge on any atom is 0.226 e. The Kier molecular flexibility index (Phi) is 3.39. The highest BCUT2D eigenvalue weighted by Crippen LogP contribution is 2.41. The molecule has 0 amide bonds. The summed E-state index contributed by atoms with van der Waals surface area (Å²) in [6.07, 6.45) is 3.47. The maximum atomic E-state index is 13.1. The van der Waals surface area contributed by atoms with Crippen molar-refractivity contribution in [3.8, 4) is 0 Å². The smallest absolute Gasteiger partial charge is 0.226 e. The van der Waals surface area contributed by atoms with E-state index in [4.69, 9.17) is 0 Å². The number of hydrogen-bond acceptors (Lipinski definition) is 5. The maximum absolute atomic E-state index is 13.1. The summed E-state index contributed by atoms with van der Waals surface area (Å²) in [5, 5.41) is 0.725. The molecule has 6 heteroatoms. The molecule has 1 aliphatic heterocycles. The number of H-pyrrole nitrogens is 1. The first-order valence-electron chi connectivity index (χ1n) is 8.46. The van der Waals surface area contributed by atoms with E-state index in [-0.39, 0.29) is 11.5 Å². The van der Waals surface area contributed by atoms with Crippen molar-refractivity contribution in [3.63, 3.8) is 0 Å². The first-order valence-corrected chi connectivity index (χ1v) is 9.28.